The van der Waals surface area contributed by atoms with E-state index in [1.165, 1.54) is 5.57 Å². The van der Waals surface area contributed by atoms with Gasteiger partial charge in [-0.3, -0.25) is 9.69 Å². The van der Waals surface area contributed by atoms with Gasteiger partial charge in [0.05, 0.1) is 31.5 Å². The first kappa shape index (κ1) is 35.0. The topological polar surface area (TPSA) is 110 Å². The van der Waals surface area contributed by atoms with Gasteiger partial charge in [-0.25, -0.2) is 0 Å². The molecule has 4 N–H and O–H groups in total. The molecule has 0 amide bonds. The second-order valence-electron chi connectivity index (χ2n) is 14.0. The molecule has 1 fully saturated rings. The van der Waals surface area contributed by atoms with Gasteiger partial charge in [0.25, 0.3) is 0 Å². The Hall–Kier alpha value is -3.33. The van der Waals surface area contributed by atoms with Crippen LogP contribution in [0.15, 0.2) is 84.4 Å². The first-order valence-electron chi connectivity index (χ1n) is 17.0. The summed E-state index contributed by atoms with van der Waals surface area (Å²) in [7, 11) is 1.60. The second-order valence-corrected chi connectivity index (χ2v) is 14.0. The maximum atomic E-state index is 14.3. The lowest BCUT2D eigenvalue weighted by Gasteiger charge is -2.46. The summed E-state index contributed by atoms with van der Waals surface area (Å²) < 4.78 is 5.33. The Bertz CT molecular complexity index is 1520. The average molecular weight is 642 g/mol. The van der Waals surface area contributed by atoms with Crippen LogP contribution in [0.2, 0.25) is 0 Å². The number of nitrogens with zero attached hydrogens (tertiary/aromatic N) is 1. The molecule has 252 valence electrons. The summed E-state index contributed by atoms with van der Waals surface area (Å²) in [5.74, 6) is 0.481. The van der Waals surface area contributed by atoms with Gasteiger partial charge in [0.1, 0.15) is 5.75 Å². The first-order chi connectivity index (χ1) is 22.5. The molecule has 0 aliphatic heterocycles. The van der Waals surface area contributed by atoms with E-state index in [0.717, 1.165) is 29.5 Å². The van der Waals surface area contributed by atoms with Gasteiger partial charge in [0.2, 0.25) is 0 Å². The lowest BCUT2D eigenvalue weighted by atomic mass is 9.64. The van der Waals surface area contributed by atoms with E-state index in [1.54, 1.807) is 31.4 Å². The predicted molar refractivity (Wildman–Crippen MR) is 185 cm³/mol. The Labute approximate surface area is 279 Å². The largest absolute Gasteiger partial charge is 0.497 e. The van der Waals surface area contributed by atoms with E-state index in [9.17, 15) is 25.2 Å². The lowest BCUT2D eigenvalue weighted by molar-refractivity contribution is -0.0907. The van der Waals surface area contributed by atoms with E-state index < -0.39 is 23.2 Å². The van der Waals surface area contributed by atoms with Crippen LogP contribution in [0.5, 0.6) is 5.75 Å². The molecule has 0 aromatic heterocycles. The highest BCUT2D eigenvalue weighted by atomic mass is 16.5. The summed E-state index contributed by atoms with van der Waals surface area (Å²) >= 11 is 0. The Balaban J connectivity index is 1.58. The number of methoxy groups -OCH3 is 1. The molecule has 3 aliphatic rings. The first-order valence-corrected chi connectivity index (χ1v) is 17.0. The number of carbonyl (C=O) groups excluding carboxylic acids is 1. The minimum absolute atomic E-state index is 0.0867. The molecule has 5 atom stereocenters. The van der Waals surface area contributed by atoms with Crippen molar-refractivity contribution < 1.29 is 30.0 Å². The van der Waals surface area contributed by atoms with E-state index in [0.29, 0.717) is 62.1 Å². The van der Waals surface area contributed by atoms with Crippen molar-refractivity contribution in [2.45, 2.75) is 89.1 Å². The third-order valence-corrected chi connectivity index (χ3v) is 10.7. The molecule has 0 saturated heterocycles. The van der Waals surface area contributed by atoms with Crippen molar-refractivity contribution in [1.29, 1.82) is 0 Å². The lowest BCUT2D eigenvalue weighted by Crippen LogP contribution is -2.53. The smallest absolute Gasteiger partial charge is 0.193 e. The number of rotatable bonds is 10. The van der Waals surface area contributed by atoms with Gasteiger partial charge in [0.15, 0.2) is 5.78 Å². The number of aliphatic hydroxyl groups excluding tert-OH is 3. The molecule has 7 heteroatoms. The number of carbonyl (C=O) groups is 1. The third kappa shape index (κ3) is 8.04. The number of ketones is 1. The molecule has 0 heterocycles. The van der Waals surface area contributed by atoms with E-state index in [2.05, 4.69) is 30.9 Å². The fraction of sp³-hybridized carbons (Fsp3) is 0.475. The van der Waals surface area contributed by atoms with Crippen LogP contribution in [0.3, 0.4) is 0 Å². The molecular weight excluding hydrogens is 590 g/mol. The Morgan fingerprint density at radius 1 is 1.04 bits per heavy atom. The van der Waals surface area contributed by atoms with E-state index in [-0.39, 0.29) is 24.9 Å². The van der Waals surface area contributed by atoms with E-state index in [4.69, 9.17) is 4.74 Å². The molecule has 3 aromatic carbocycles. The van der Waals surface area contributed by atoms with Gasteiger partial charge in [-0.05, 0) is 105 Å². The van der Waals surface area contributed by atoms with Crippen molar-refractivity contribution >= 4 is 5.78 Å². The summed E-state index contributed by atoms with van der Waals surface area (Å²) in [4.78, 5) is 16.3. The highest BCUT2D eigenvalue weighted by molar-refractivity contribution is 6.10. The molecule has 47 heavy (non-hydrogen) atoms. The predicted octanol–water partition coefficient (Wildman–Crippen LogP) is 5.82. The van der Waals surface area contributed by atoms with Crippen LogP contribution in [-0.4, -0.2) is 75.7 Å². The summed E-state index contributed by atoms with van der Waals surface area (Å²) in [6, 6.07) is 23.2. The zero-order valence-corrected chi connectivity index (χ0v) is 28.1. The number of allylic oxidation sites excluding steroid dienone is 2. The van der Waals surface area contributed by atoms with Crippen LogP contribution < -0.4 is 4.74 Å². The highest BCUT2D eigenvalue weighted by Crippen LogP contribution is 2.59. The quantitative estimate of drug-likeness (QED) is 0.163. The van der Waals surface area contributed by atoms with E-state index in [1.807, 2.05) is 42.5 Å². The molecule has 3 aromatic rings. The van der Waals surface area contributed by atoms with Gasteiger partial charge in [-0.15, -0.1) is 0 Å². The molecular formula is C40H51NO6. The molecule has 7 nitrogen and oxygen atoms in total. The fourth-order valence-corrected chi connectivity index (χ4v) is 7.85. The summed E-state index contributed by atoms with van der Waals surface area (Å²) in [6.07, 6.45) is 5.37. The monoisotopic (exact) mass is 641 g/mol. The molecule has 3 aliphatic carbocycles. The average Bonchev–Trinajstić information content (AvgIpc) is 3.32. The highest BCUT2D eigenvalue weighted by Gasteiger charge is 2.57. The molecule has 1 saturated carbocycles. The zero-order chi connectivity index (χ0) is 33.6. The maximum Gasteiger partial charge on any atom is 0.193 e. The summed E-state index contributed by atoms with van der Waals surface area (Å²) in [6.45, 7) is 4.99. The number of ether oxygens (including phenoxy) is 1. The van der Waals surface area contributed by atoms with Crippen LogP contribution in [0, 0.1) is 5.41 Å². The summed E-state index contributed by atoms with van der Waals surface area (Å²) in [5, 5.41) is 44.0. The van der Waals surface area contributed by atoms with Crippen molar-refractivity contribution in [1.82, 2.24) is 4.90 Å². The minimum Gasteiger partial charge on any atom is -0.497 e. The fourth-order valence-electron chi connectivity index (χ4n) is 7.85. The number of benzene rings is 3. The van der Waals surface area contributed by atoms with Crippen LogP contribution in [0.4, 0.5) is 0 Å². The van der Waals surface area contributed by atoms with Crippen LogP contribution in [-0.2, 0) is 13.0 Å². The summed E-state index contributed by atoms with van der Waals surface area (Å²) in [5.41, 5.74) is 3.56. The zero-order valence-electron chi connectivity index (χ0n) is 28.1. The molecule has 0 radical (unpaired) electrons. The van der Waals surface area contributed by atoms with Crippen molar-refractivity contribution in [3.8, 4) is 5.75 Å². The van der Waals surface area contributed by atoms with Crippen LogP contribution in [0.1, 0.15) is 90.9 Å². The molecule has 0 unspecified atom stereocenters. The minimum atomic E-state index is -1.13. The number of hydrogen-bond donors (Lipinski definition) is 4. The van der Waals surface area contributed by atoms with Gasteiger partial charge in [0, 0.05) is 36.2 Å². The number of hydrogen-bond acceptors (Lipinski definition) is 7. The Morgan fingerprint density at radius 2 is 1.79 bits per heavy atom. The second kappa shape index (κ2) is 15.3. The number of fused-ring (bicyclic) bond motifs is 8. The SMILES string of the molecule is COc1ccc(C(=O)c2cc3ccc2[C@@H]2CC[C@@](O)(CN(Cc4ccccc4)C[C@H](O)CO)[C@@]2(C)CCC=C(C)CC[C@H](O)C3)cc1. The normalized spacial score (nSPS) is 25.6. The molecule has 6 rings (SSSR count). The van der Waals surface area contributed by atoms with E-state index >= 15 is 0 Å². The van der Waals surface area contributed by atoms with Crippen molar-refractivity contribution in [3.63, 3.8) is 0 Å². The standard InChI is InChI=1S/C40H51NO6/c1-28-8-7-20-39(2)37(19-21-40(39,46)27-41(25-33(44)26-42)24-29-9-5-4-6-10-29)35-18-12-30(22-32(43)15-11-28)23-36(35)38(45)31-13-16-34(47-3)17-14-31/h4-6,8-10,12-14,16-18,23,32-33,37,42-44,46H,7,11,15,19-22,24-27H2,1-3H3/t32-,33-,37-,39-,40+/m0/s1. The van der Waals surface area contributed by atoms with Crippen molar-refractivity contribution in [2.75, 3.05) is 26.8 Å². The van der Waals surface area contributed by atoms with Crippen LogP contribution in [0.25, 0.3) is 0 Å². The molecule has 0 spiro atoms. The Morgan fingerprint density at radius 3 is 2.49 bits per heavy atom. The Kier molecular flexibility index (Phi) is 11.4. The van der Waals surface area contributed by atoms with Gasteiger partial charge in [-0.1, -0.05) is 61.0 Å². The number of aliphatic hydroxyl groups is 4. The maximum absolute atomic E-state index is 14.3. The van der Waals surface area contributed by atoms with Gasteiger partial charge >= 0.3 is 0 Å². The van der Waals surface area contributed by atoms with Crippen molar-refractivity contribution in [2.24, 2.45) is 5.41 Å². The van der Waals surface area contributed by atoms with Gasteiger partial charge in [-0.2, -0.15) is 0 Å². The molecule has 2 bridgehead atoms. The van der Waals surface area contributed by atoms with Crippen molar-refractivity contribution in [3.05, 3.63) is 112 Å². The van der Waals surface area contributed by atoms with Gasteiger partial charge < -0.3 is 25.2 Å². The van der Waals surface area contributed by atoms with Crippen LogP contribution >= 0.6 is 0 Å². The third-order valence-electron chi connectivity index (χ3n) is 10.7.